The van der Waals surface area contributed by atoms with Crippen LogP contribution in [0.5, 0.6) is 0 Å². The monoisotopic (exact) mass is 252 g/mol. The summed E-state index contributed by atoms with van der Waals surface area (Å²) in [5.41, 5.74) is 8.22. The summed E-state index contributed by atoms with van der Waals surface area (Å²) in [5, 5.41) is 0. The molecule has 1 heterocycles. The summed E-state index contributed by atoms with van der Waals surface area (Å²) in [7, 11) is 1.70. The Hall–Kier alpha value is -1.29. The number of nitrogens with two attached hydrogens (primary N) is 1. The number of rotatable bonds is 7. The molecule has 1 rings (SSSR count). The van der Waals surface area contributed by atoms with Gasteiger partial charge in [0, 0.05) is 31.6 Å². The van der Waals surface area contributed by atoms with E-state index in [1.165, 1.54) is 5.69 Å². The summed E-state index contributed by atoms with van der Waals surface area (Å²) in [6.45, 7) is 7.87. The van der Waals surface area contributed by atoms with Crippen molar-refractivity contribution in [2.45, 2.75) is 46.1 Å². The molecule has 0 aromatic carbocycles. The summed E-state index contributed by atoms with van der Waals surface area (Å²) in [6, 6.07) is 1.94. The van der Waals surface area contributed by atoms with Crippen molar-refractivity contribution in [3.8, 4) is 0 Å². The first-order valence-corrected chi connectivity index (χ1v) is 6.51. The van der Waals surface area contributed by atoms with Crippen LogP contribution >= 0.6 is 0 Å². The van der Waals surface area contributed by atoms with E-state index in [0.29, 0.717) is 11.5 Å². The van der Waals surface area contributed by atoms with E-state index in [9.17, 15) is 4.79 Å². The molecule has 4 nitrogen and oxygen atoms in total. The third-order valence-corrected chi connectivity index (χ3v) is 3.51. The lowest BCUT2D eigenvalue weighted by atomic mass is 10.0. The molecule has 0 aliphatic heterocycles. The Balaban J connectivity index is 3.06. The Labute approximate surface area is 109 Å². The van der Waals surface area contributed by atoms with Crippen LogP contribution in [0.1, 0.15) is 54.4 Å². The van der Waals surface area contributed by atoms with E-state index in [1.807, 2.05) is 13.0 Å². The van der Waals surface area contributed by atoms with Gasteiger partial charge in [-0.25, -0.2) is 0 Å². The second-order valence-electron chi connectivity index (χ2n) is 4.74. The normalized spacial score (nSPS) is 12.7. The molecule has 0 fully saturated rings. The number of carbonyl (C=O) groups is 1. The number of carbonyl (C=O) groups excluding carboxylic acids is 1. The van der Waals surface area contributed by atoms with Crippen LogP contribution in [0.2, 0.25) is 0 Å². The van der Waals surface area contributed by atoms with Gasteiger partial charge in [-0.3, -0.25) is 4.79 Å². The lowest BCUT2D eigenvalue weighted by Gasteiger charge is -2.15. The molecule has 102 valence electrons. The van der Waals surface area contributed by atoms with Crippen LogP contribution in [0.4, 0.5) is 0 Å². The first kappa shape index (κ1) is 14.8. The van der Waals surface area contributed by atoms with Gasteiger partial charge in [0.05, 0.1) is 5.56 Å². The van der Waals surface area contributed by atoms with E-state index in [2.05, 4.69) is 18.4 Å². The lowest BCUT2D eigenvalue weighted by molar-refractivity contribution is 0.0999. The zero-order chi connectivity index (χ0) is 13.7. The average Bonchev–Trinajstić information content (AvgIpc) is 2.67. The summed E-state index contributed by atoms with van der Waals surface area (Å²) >= 11 is 0. The molecule has 0 radical (unpaired) electrons. The van der Waals surface area contributed by atoms with Crippen molar-refractivity contribution in [1.29, 1.82) is 0 Å². The van der Waals surface area contributed by atoms with E-state index in [4.69, 9.17) is 10.5 Å². The highest BCUT2D eigenvalue weighted by atomic mass is 16.5. The molecule has 1 unspecified atom stereocenters. The highest BCUT2D eigenvalue weighted by Gasteiger charge is 2.18. The van der Waals surface area contributed by atoms with E-state index in [0.717, 1.165) is 31.7 Å². The van der Waals surface area contributed by atoms with Gasteiger partial charge >= 0.3 is 0 Å². The zero-order valence-corrected chi connectivity index (χ0v) is 11.8. The number of nitrogens with zero attached hydrogens (tertiary/aromatic N) is 1. The van der Waals surface area contributed by atoms with E-state index < -0.39 is 0 Å². The Bertz CT molecular complexity index is 410. The maximum absolute atomic E-state index is 11.4. The molecule has 1 aromatic heterocycles. The number of ether oxygens (including phenoxy) is 1. The Kier molecular flexibility index (Phi) is 5.41. The van der Waals surface area contributed by atoms with Gasteiger partial charge in [-0.15, -0.1) is 0 Å². The number of primary amides is 1. The van der Waals surface area contributed by atoms with Gasteiger partial charge in [-0.2, -0.15) is 0 Å². The molecule has 1 amide bonds. The van der Waals surface area contributed by atoms with Gasteiger partial charge in [0.2, 0.25) is 0 Å². The second kappa shape index (κ2) is 6.59. The van der Waals surface area contributed by atoms with Gasteiger partial charge in [-0.1, -0.05) is 13.8 Å². The molecule has 0 saturated heterocycles. The molecule has 18 heavy (non-hydrogen) atoms. The minimum atomic E-state index is -0.345. The van der Waals surface area contributed by atoms with Crippen LogP contribution < -0.4 is 5.73 Å². The molecule has 2 N–H and O–H groups in total. The molecule has 1 atom stereocenters. The molecule has 0 saturated carbocycles. The topological polar surface area (TPSA) is 57.2 Å². The maximum Gasteiger partial charge on any atom is 0.250 e. The van der Waals surface area contributed by atoms with Crippen LogP contribution in [0.25, 0.3) is 0 Å². The zero-order valence-electron chi connectivity index (χ0n) is 11.8. The molecule has 1 aromatic rings. The number of hydrogen-bond donors (Lipinski definition) is 1. The smallest absolute Gasteiger partial charge is 0.250 e. The first-order valence-electron chi connectivity index (χ1n) is 6.51. The molecule has 0 aliphatic carbocycles. The Morgan fingerprint density at radius 3 is 2.72 bits per heavy atom. The van der Waals surface area contributed by atoms with Gasteiger partial charge in [0.1, 0.15) is 0 Å². The largest absolute Gasteiger partial charge is 0.385 e. The predicted molar refractivity (Wildman–Crippen MR) is 72.9 cm³/mol. The van der Waals surface area contributed by atoms with Crippen LogP contribution in [0.3, 0.4) is 0 Å². The molecule has 0 bridgehead atoms. The number of amides is 1. The summed E-state index contributed by atoms with van der Waals surface area (Å²) in [5.74, 6) is 0.0851. The summed E-state index contributed by atoms with van der Waals surface area (Å²) in [6.07, 6.45) is 1.99. The summed E-state index contributed by atoms with van der Waals surface area (Å²) < 4.78 is 7.28. The standard InChI is InChI=1S/C14H24N2O2/c1-5-10(2)13-9-12(14(15)17)11(3)16(13)7-6-8-18-4/h9-10H,5-8H2,1-4H3,(H2,15,17). The number of hydrogen-bond acceptors (Lipinski definition) is 2. The van der Waals surface area contributed by atoms with Crippen LogP contribution in [-0.2, 0) is 11.3 Å². The van der Waals surface area contributed by atoms with Crippen LogP contribution in [-0.4, -0.2) is 24.2 Å². The predicted octanol–water partition coefficient (Wildman–Crippen LogP) is 2.45. The third-order valence-electron chi connectivity index (χ3n) is 3.51. The molecule has 0 aliphatic rings. The molecular weight excluding hydrogens is 228 g/mol. The van der Waals surface area contributed by atoms with Crippen molar-refractivity contribution in [3.63, 3.8) is 0 Å². The molecular formula is C14H24N2O2. The van der Waals surface area contributed by atoms with Crippen molar-refractivity contribution in [2.75, 3.05) is 13.7 Å². The van der Waals surface area contributed by atoms with Crippen LogP contribution in [0, 0.1) is 6.92 Å². The Morgan fingerprint density at radius 1 is 1.56 bits per heavy atom. The minimum Gasteiger partial charge on any atom is -0.385 e. The SMILES string of the molecule is CCC(C)c1cc(C(N)=O)c(C)n1CCCOC. The fraction of sp³-hybridized carbons (Fsp3) is 0.643. The average molecular weight is 252 g/mol. The van der Waals surface area contributed by atoms with E-state index >= 15 is 0 Å². The van der Waals surface area contributed by atoms with Gasteiger partial charge in [-0.05, 0) is 31.7 Å². The number of methoxy groups -OCH3 is 1. The highest BCUT2D eigenvalue weighted by Crippen LogP contribution is 2.25. The second-order valence-corrected chi connectivity index (χ2v) is 4.74. The first-order chi connectivity index (χ1) is 8.52. The van der Waals surface area contributed by atoms with E-state index in [-0.39, 0.29) is 5.91 Å². The highest BCUT2D eigenvalue weighted by molar-refractivity contribution is 5.94. The Morgan fingerprint density at radius 2 is 2.22 bits per heavy atom. The van der Waals surface area contributed by atoms with Gasteiger partial charge in [0.15, 0.2) is 0 Å². The third kappa shape index (κ3) is 3.13. The van der Waals surface area contributed by atoms with Crippen LogP contribution in [0.15, 0.2) is 6.07 Å². The fourth-order valence-corrected chi connectivity index (χ4v) is 2.20. The molecule has 0 spiro atoms. The fourth-order valence-electron chi connectivity index (χ4n) is 2.20. The quantitative estimate of drug-likeness (QED) is 0.758. The van der Waals surface area contributed by atoms with Crippen molar-refractivity contribution >= 4 is 5.91 Å². The van der Waals surface area contributed by atoms with Gasteiger partial charge in [0.25, 0.3) is 5.91 Å². The van der Waals surface area contributed by atoms with Crippen molar-refractivity contribution in [3.05, 3.63) is 23.0 Å². The van der Waals surface area contributed by atoms with Gasteiger partial charge < -0.3 is 15.0 Å². The number of aromatic nitrogens is 1. The van der Waals surface area contributed by atoms with Crippen molar-refractivity contribution in [1.82, 2.24) is 4.57 Å². The maximum atomic E-state index is 11.4. The van der Waals surface area contributed by atoms with Crippen molar-refractivity contribution in [2.24, 2.45) is 5.73 Å². The van der Waals surface area contributed by atoms with E-state index in [1.54, 1.807) is 7.11 Å². The molecule has 4 heteroatoms. The van der Waals surface area contributed by atoms with Crippen molar-refractivity contribution < 1.29 is 9.53 Å². The lowest BCUT2D eigenvalue weighted by Crippen LogP contribution is -2.13. The summed E-state index contributed by atoms with van der Waals surface area (Å²) in [4.78, 5) is 11.4. The minimum absolute atomic E-state index is 0.345.